The van der Waals surface area contributed by atoms with Crippen LogP contribution in [0, 0.1) is 0 Å². The summed E-state index contributed by atoms with van der Waals surface area (Å²) in [6.07, 6.45) is 4.26. The highest BCUT2D eigenvalue weighted by atomic mass is 16.5. The summed E-state index contributed by atoms with van der Waals surface area (Å²) >= 11 is 0. The molecule has 0 bridgehead atoms. The molecule has 0 aliphatic carbocycles. The number of hydrogen-bond acceptors (Lipinski definition) is 4. The Morgan fingerprint density at radius 2 is 2.32 bits per heavy atom. The first-order chi connectivity index (χ1) is 9.13. The van der Waals surface area contributed by atoms with E-state index in [4.69, 9.17) is 9.84 Å². The van der Waals surface area contributed by atoms with Crippen LogP contribution in [0.5, 0.6) is 0 Å². The smallest absolute Gasteiger partial charge is 0.326 e. The number of carboxylic acids is 1. The van der Waals surface area contributed by atoms with E-state index in [-0.39, 0.29) is 12.3 Å². The molecule has 1 rings (SSSR count). The van der Waals surface area contributed by atoms with Crippen molar-refractivity contribution in [2.75, 3.05) is 13.7 Å². The summed E-state index contributed by atoms with van der Waals surface area (Å²) in [5.74, 6) is -1.35. The van der Waals surface area contributed by atoms with E-state index in [1.54, 1.807) is 31.6 Å². The number of carbonyl (C=O) groups is 2. The van der Waals surface area contributed by atoms with E-state index in [0.29, 0.717) is 19.4 Å². The van der Waals surface area contributed by atoms with Crippen molar-refractivity contribution in [1.29, 1.82) is 0 Å². The molecule has 6 nitrogen and oxygen atoms in total. The fourth-order valence-electron chi connectivity index (χ4n) is 1.62. The van der Waals surface area contributed by atoms with Crippen LogP contribution in [0.3, 0.4) is 0 Å². The molecule has 1 heterocycles. The number of amides is 1. The second-order valence-corrected chi connectivity index (χ2v) is 4.13. The number of aliphatic carboxylic acids is 1. The lowest BCUT2D eigenvalue weighted by Gasteiger charge is -2.14. The van der Waals surface area contributed by atoms with Crippen LogP contribution in [-0.4, -0.2) is 41.7 Å². The highest BCUT2D eigenvalue weighted by Crippen LogP contribution is 2.01. The molecule has 0 radical (unpaired) electrons. The van der Waals surface area contributed by atoms with Gasteiger partial charge in [-0.1, -0.05) is 6.07 Å². The van der Waals surface area contributed by atoms with Gasteiger partial charge in [0.1, 0.15) is 6.04 Å². The van der Waals surface area contributed by atoms with Gasteiger partial charge in [-0.3, -0.25) is 9.78 Å². The van der Waals surface area contributed by atoms with Gasteiger partial charge in [-0.05, 0) is 24.5 Å². The van der Waals surface area contributed by atoms with E-state index in [1.807, 2.05) is 0 Å². The first kappa shape index (κ1) is 15.1. The SMILES string of the molecule is COCCCC(NC(=O)Cc1cccnc1)C(=O)O. The average molecular weight is 266 g/mol. The number of pyridine rings is 1. The molecule has 2 N–H and O–H groups in total. The number of aromatic nitrogens is 1. The van der Waals surface area contributed by atoms with Crippen LogP contribution >= 0.6 is 0 Å². The molecule has 0 spiro atoms. The molecule has 1 aromatic heterocycles. The third-order valence-electron chi connectivity index (χ3n) is 2.56. The summed E-state index contributed by atoms with van der Waals surface area (Å²) in [6.45, 7) is 0.474. The maximum absolute atomic E-state index is 11.7. The number of hydrogen-bond donors (Lipinski definition) is 2. The standard InChI is InChI=1S/C13H18N2O4/c1-19-7-3-5-11(13(17)18)15-12(16)8-10-4-2-6-14-9-10/h2,4,6,9,11H,3,5,7-8H2,1H3,(H,15,16)(H,17,18). The van der Waals surface area contributed by atoms with Crippen molar-refractivity contribution in [3.63, 3.8) is 0 Å². The zero-order valence-electron chi connectivity index (χ0n) is 10.8. The lowest BCUT2D eigenvalue weighted by molar-refractivity contribution is -0.142. The van der Waals surface area contributed by atoms with Crippen molar-refractivity contribution in [3.8, 4) is 0 Å². The predicted molar refractivity (Wildman–Crippen MR) is 68.6 cm³/mol. The van der Waals surface area contributed by atoms with Crippen molar-refractivity contribution >= 4 is 11.9 Å². The molecule has 19 heavy (non-hydrogen) atoms. The molecule has 6 heteroatoms. The Kier molecular flexibility index (Phi) is 6.52. The Labute approximate surface area is 111 Å². The third kappa shape index (κ3) is 5.96. The van der Waals surface area contributed by atoms with Crippen LogP contribution in [-0.2, 0) is 20.7 Å². The summed E-state index contributed by atoms with van der Waals surface area (Å²) < 4.78 is 4.86. The fraction of sp³-hybridized carbons (Fsp3) is 0.462. The Morgan fingerprint density at radius 3 is 2.89 bits per heavy atom. The van der Waals surface area contributed by atoms with E-state index in [9.17, 15) is 9.59 Å². The number of rotatable bonds is 8. The number of nitrogens with zero attached hydrogens (tertiary/aromatic N) is 1. The van der Waals surface area contributed by atoms with Gasteiger partial charge in [0.25, 0.3) is 0 Å². The van der Waals surface area contributed by atoms with E-state index >= 15 is 0 Å². The van der Waals surface area contributed by atoms with Crippen LogP contribution in [0.2, 0.25) is 0 Å². The first-order valence-electron chi connectivity index (χ1n) is 6.03. The quantitative estimate of drug-likeness (QED) is 0.673. The maximum atomic E-state index is 11.7. The monoisotopic (exact) mass is 266 g/mol. The van der Waals surface area contributed by atoms with Gasteiger partial charge >= 0.3 is 5.97 Å². The molecule has 0 saturated carbocycles. The van der Waals surface area contributed by atoms with Gasteiger partial charge in [-0.2, -0.15) is 0 Å². The minimum Gasteiger partial charge on any atom is -0.480 e. The molecule has 0 fully saturated rings. The number of carboxylic acid groups (broad SMARTS) is 1. The van der Waals surface area contributed by atoms with Crippen molar-refractivity contribution in [2.24, 2.45) is 0 Å². The van der Waals surface area contributed by atoms with E-state index in [1.165, 1.54) is 0 Å². The van der Waals surface area contributed by atoms with E-state index in [2.05, 4.69) is 10.3 Å². The Balaban J connectivity index is 2.45. The summed E-state index contributed by atoms with van der Waals surface area (Å²) in [5, 5.41) is 11.5. The van der Waals surface area contributed by atoms with Gasteiger partial charge in [0, 0.05) is 26.1 Å². The Bertz CT molecular complexity index is 408. The number of methoxy groups -OCH3 is 1. The normalized spacial score (nSPS) is 11.8. The van der Waals surface area contributed by atoms with Crippen molar-refractivity contribution in [1.82, 2.24) is 10.3 Å². The van der Waals surface area contributed by atoms with Crippen LogP contribution in [0.15, 0.2) is 24.5 Å². The van der Waals surface area contributed by atoms with Crippen LogP contribution in [0.25, 0.3) is 0 Å². The van der Waals surface area contributed by atoms with Gasteiger partial charge in [0.15, 0.2) is 0 Å². The van der Waals surface area contributed by atoms with Gasteiger partial charge in [0.2, 0.25) is 5.91 Å². The molecule has 1 amide bonds. The largest absolute Gasteiger partial charge is 0.480 e. The molecule has 1 atom stereocenters. The zero-order valence-corrected chi connectivity index (χ0v) is 10.8. The molecular formula is C13H18N2O4. The highest BCUT2D eigenvalue weighted by Gasteiger charge is 2.19. The number of nitrogens with one attached hydrogen (secondary N) is 1. The molecule has 0 saturated heterocycles. The number of carbonyl (C=O) groups excluding carboxylic acids is 1. The van der Waals surface area contributed by atoms with Crippen LogP contribution < -0.4 is 5.32 Å². The average Bonchev–Trinajstić information content (AvgIpc) is 2.38. The van der Waals surface area contributed by atoms with Crippen molar-refractivity contribution in [3.05, 3.63) is 30.1 Å². The Hall–Kier alpha value is -1.95. The van der Waals surface area contributed by atoms with Crippen molar-refractivity contribution < 1.29 is 19.4 Å². The minimum absolute atomic E-state index is 0.127. The van der Waals surface area contributed by atoms with E-state index < -0.39 is 12.0 Å². The lowest BCUT2D eigenvalue weighted by atomic mass is 10.1. The fourth-order valence-corrected chi connectivity index (χ4v) is 1.62. The third-order valence-corrected chi connectivity index (χ3v) is 2.56. The zero-order chi connectivity index (χ0) is 14.1. The molecule has 0 aliphatic heterocycles. The van der Waals surface area contributed by atoms with Crippen LogP contribution in [0.4, 0.5) is 0 Å². The molecule has 104 valence electrons. The molecular weight excluding hydrogens is 248 g/mol. The van der Waals surface area contributed by atoms with Crippen LogP contribution in [0.1, 0.15) is 18.4 Å². The Morgan fingerprint density at radius 1 is 1.53 bits per heavy atom. The molecule has 1 aromatic rings. The summed E-state index contributed by atoms with van der Waals surface area (Å²) in [7, 11) is 1.55. The van der Waals surface area contributed by atoms with Gasteiger partial charge in [-0.15, -0.1) is 0 Å². The van der Waals surface area contributed by atoms with Gasteiger partial charge < -0.3 is 15.2 Å². The lowest BCUT2D eigenvalue weighted by Crippen LogP contribution is -2.41. The van der Waals surface area contributed by atoms with Crippen molar-refractivity contribution in [2.45, 2.75) is 25.3 Å². The van der Waals surface area contributed by atoms with E-state index in [0.717, 1.165) is 5.56 Å². The molecule has 0 aromatic carbocycles. The maximum Gasteiger partial charge on any atom is 0.326 e. The second-order valence-electron chi connectivity index (χ2n) is 4.13. The summed E-state index contributed by atoms with van der Waals surface area (Å²) in [4.78, 5) is 26.6. The number of ether oxygens (including phenoxy) is 1. The summed E-state index contributed by atoms with van der Waals surface area (Å²) in [5.41, 5.74) is 0.751. The summed E-state index contributed by atoms with van der Waals surface area (Å²) in [6, 6.07) is 2.63. The minimum atomic E-state index is -1.03. The first-order valence-corrected chi connectivity index (χ1v) is 6.03. The molecule has 0 aliphatic rings. The highest BCUT2D eigenvalue weighted by molar-refractivity contribution is 5.84. The second kappa shape index (κ2) is 8.20. The topological polar surface area (TPSA) is 88.5 Å². The molecule has 1 unspecified atom stereocenters. The van der Waals surface area contributed by atoms with Gasteiger partial charge in [0.05, 0.1) is 6.42 Å². The van der Waals surface area contributed by atoms with Gasteiger partial charge in [-0.25, -0.2) is 4.79 Å². The predicted octanol–water partition coefficient (Wildman–Crippen LogP) is 0.620.